The molecular formula is C17H19FN4O2S. The molecule has 0 unspecified atom stereocenters. The average molecular weight is 362 g/mol. The first-order valence-electron chi connectivity index (χ1n) is 8.05. The van der Waals surface area contributed by atoms with Gasteiger partial charge < -0.3 is 10.1 Å². The monoisotopic (exact) mass is 362 g/mol. The highest BCUT2D eigenvalue weighted by Crippen LogP contribution is 2.16. The zero-order valence-corrected chi connectivity index (χ0v) is 14.5. The third-order valence-corrected chi connectivity index (χ3v) is 4.66. The van der Waals surface area contributed by atoms with E-state index in [9.17, 15) is 9.18 Å². The predicted molar refractivity (Wildman–Crippen MR) is 94.4 cm³/mol. The lowest BCUT2D eigenvalue weighted by Gasteiger charge is -2.26. The highest BCUT2D eigenvalue weighted by molar-refractivity contribution is 7.99. The van der Waals surface area contributed by atoms with Crippen LogP contribution in [0.3, 0.4) is 0 Å². The number of carbonyl (C=O) groups is 1. The summed E-state index contributed by atoms with van der Waals surface area (Å²) in [5, 5.41) is 11.4. The lowest BCUT2D eigenvalue weighted by molar-refractivity contribution is 0.0410. The molecule has 0 aliphatic carbocycles. The third kappa shape index (κ3) is 5.22. The normalized spacial score (nSPS) is 15.1. The summed E-state index contributed by atoms with van der Waals surface area (Å²) in [6.45, 7) is 4.49. The summed E-state index contributed by atoms with van der Waals surface area (Å²) < 4.78 is 18.9. The molecule has 0 saturated carbocycles. The number of nitrogens with one attached hydrogen (secondary N) is 1. The largest absolute Gasteiger partial charge is 0.379 e. The molecule has 1 amide bonds. The van der Waals surface area contributed by atoms with Gasteiger partial charge in [0, 0.05) is 25.4 Å². The van der Waals surface area contributed by atoms with Crippen LogP contribution in [0.15, 0.2) is 41.4 Å². The Kier molecular flexibility index (Phi) is 6.32. The summed E-state index contributed by atoms with van der Waals surface area (Å²) >= 11 is 1.61. The summed E-state index contributed by atoms with van der Waals surface area (Å²) in [6, 6.07) is 9.28. The molecule has 2 heterocycles. The SMILES string of the molecule is O=C(Nc1ccc(SCCN2CCOCC2)nn1)c1ccccc1F. The van der Waals surface area contributed by atoms with Crippen molar-refractivity contribution in [1.82, 2.24) is 15.1 Å². The Morgan fingerprint density at radius 1 is 1.20 bits per heavy atom. The molecular weight excluding hydrogens is 343 g/mol. The van der Waals surface area contributed by atoms with Gasteiger partial charge in [0.25, 0.3) is 5.91 Å². The molecule has 0 bridgehead atoms. The number of anilines is 1. The van der Waals surface area contributed by atoms with Crippen molar-refractivity contribution < 1.29 is 13.9 Å². The molecule has 1 aromatic carbocycles. The molecule has 0 spiro atoms. The Morgan fingerprint density at radius 2 is 2.00 bits per heavy atom. The number of carbonyl (C=O) groups excluding carboxylic acids is 1. The van der Waals surface area contributed by atoms with Crippen molar-refractivity contribution in [3.63, 3.8) is 0 Å². The van der Waals surface area contributed by atoms with Gasteiger partial charge >= 0.3 is 0 Å². The lowest BCUT2D eigenvalue weighted by Crippen LogP contribution is -2.37. The van der Waals surface area contributed by atoms with E-state index in [-0.39, 0.29) is 5.56 Å². The van der Waals surface area contributed by atoms with E-state index in [0.29, 0.717) is 5.82 Å². The smallest absolute Gasteiger partial charge is 0.259 e. The standard InChI is InChI=1S/C17H19FN4O2S/c18-14-4-2-1-3-13(14)17(23)19-15-5-6-16(21-20-15)25-12-9-22-7-10-24-11-8-22/h1-6H,7-12H2,(H,19,20,23). The maximum absolute atomic E-state index is 13.6. The molecule has 3 rings (SSSR count). The molecule has 1 aromatic heterocycles. The Labute approximate surface area is 149 Å². The summed E-state index contributed by atoms with van der Waals surface area (Å²) in [5.74, 6) is 0.101. The number of nitrogens with zero attached hydrogens (tertiary/aromatic N) is 3. The van der Waals surface area contributed by atoms with Gasteiger partial charge in [-0.05, 0) is 24.3 Å². The van der Waals surface area contributed by atoms with E-state index in [1.807, 2.05) is 0 Å². The summed E-state index contributed by atoms with van der Waals surface area (Å²) in [4.78, 5) is 14.4. The van der Waals surface area contributed by atoms with Gasteiger partial charge in [-0.2, -0.15) is 0 Å². The molecule has 25 heavy (non-hydrogen) atoms. The fraction of sp³-hybridized carbons (Fsp3) is 0.353. The summed E-state index contributed by atoms with van der Waals surface area (Å²) in [5.41, 5.74) is -0.0201. The van der Waals surface area contributed by atoms with Crippen LogP contribution >= 0.6 is 11.8 Å². The summed E-state index contributed by atoms with van der Waals surface area (Å²) in [7, 11) is 0. The fourth-order valence-corrected chi connectivity index (χ4v) is 3.22. The van der Waals surface area contributed by atoms with Crippen molar-refractivity contribution >= 4 is 23.5 Å². The van der Waals surface area contributed by atoms with Gasteiger partial charge in [0.2, 0.25) is 0 Å². The third-order valence-electron chi connectivity index (χ3n) is 3.76. The van der Waals surface area contributed by atoms with Crippen molar-refractivity contribution in [2.24, 2.45) is 0 Å². The van der Waals surface area contributed by atoms with Gasteiger partial charge in [0.1, 0.15) is 10.8 Å². The Morgan fingerprint density at radius 3 is 2.72 bits per heavy atom. The molecule has 0 atom stereocenters. The van der Waals surface area contributed by atoms with Crippen molar-refractivity contribution in [1.29, 1.82) is 0 Å². The second-order valence-electron chi connectivity index (χ2n) is 5.49. The molecule has 0 radical (unpaired) electrons. The van der Waals surface area contributed by atoms with Crippen LogP contribution in [0, 0.1) is 5.82 Å². The number of amides is 1. The first kappa shape index (κ1) is 17.8. The van der Waals surface area contributed by atoms with E-state index < -0.39 is 11.7 Å². The maximum atomic E-state index is 13.6. The zero-order valence-electron chi connectivity index (χ0n) is 13.7. The van der Waals surface area contributed by atoms with E-state index in [1.165, 1.54) is 18.2 Å². The average Bonchev–Trinajstić information content (AvgIpc) is 2.64. The molecule has 6 nitrogen and oxygen atoms in total. The highest BCUT2D eigenvalue weighted by Gasteiger charge is 2.12. The van der Waals surface area contributed by atoms with Crippen LogP contribution in [0.4, 0.5) is 10.2 Å². The van der Waals surface area contributed by atoms with Crippen LogP contribution in [0.1, 0.15) is 10.4 Å². The van der Waals surface area contributed by atoms with Crippen LogP contribution in [-0.2, 0) is 4.74 Å². The lowest BCUT2D eigenvalue weighted by atomic mass is 10.2. The van der Waals surface area contributed by atoms with Gasteiger partial charge in [-0.15, -0.1) is 22.0 Å². The molecule has 1 N–H and O–H groups in total. The molecule has 1 fully saturated rings. The van der Waals surface area contributed by atoms with Crippen LogP contribution < -0.4 is 5.32 Å². The van der Waals surface area contributed by atoms with Crippen LogP contribution in [0.2, 0.25) is 0 Å². The predicted octanol–water partition coefficient (Wildman–Crippen LogP) is 2.29. The molecule has 8 heteroatoms. The van der Waals surface area contributed by atoms with Crippen LogP contribution in [-0.4, -0.2) is 59.6 Å². The second-order valence-corrected chi connectivity index (χ2v) is 6.61. The number of thioether (sulfide) groups is 1. The van der Waals surface area contributed by atoms with E-state index in [1.54, 1.807) is 30.0 Å². The Bertz CT molecular complexity index is 708. The minimum absolute atomic E-state index is 0.0201. The molecule has 132 valence electrons. The van der Waals surface area contributed by atoms with Crippen molar-refractivity contribution in [3.8, 4) is 0 Å². The van der Waals surface area contributed by atoms with Crippen LogP contribution in [0.5, 0.6) is 0 Å². The highest BCUT2D eigenvalue weighted by atomic mass is 32.2. The quantitative estimate of drug-likeness (QED) is 0.796. The fourth-order valence-electron chi connectivity index (χ4n) is 2.40. The van der Waals surface area contributed by atoms with Gasteiger partial charge in [-0.1, -0.05) is 12.1 Å². The maximum Gasteiger partial charge on any atom is 0.259 e. The van der Waals surface area contributed by atoms with Gasteiger partial charge in [-0.3, -0.25) is 9.69 Å². The van der Waals surface area contributed by atoms with Crippen molar-refractivity contribution in [2.75, 3.05) is 43.9 Å². The van der Waals surface area contributed by atoms with Crippen molar-refractivity contribution in [3.05, 3.63) is 47.8 Å². The Balaban J connectivity index is 1.48. The minimum atomic E-state index is -0.566. The number of halogens is 1. The minimum Gasteiger partial charge on any atom is -0.379 e. The molecule has 1 saturated heterocycles. The van der Waals surface area contributed by atoms with Gasteiger partial charge in [0.15, 0.2) is 5.82 Å². The number of benzene rings is 1. The number of rotatable bonds is 6. The van der Waals surface area contributed by atoms with E-state index in [4.69, 9.17) is 4.74 Å². The van der Waals surface area contributed by atoms with Gasteiger partial charge in [-0.25, -0.2) is 4.39 Å². The first-order valence-corrected chi connectivity index (χ1v) is 9.03. The Hall–Kier alpha value is -2.03. The first-order chi connectivity index (χ1) is 12.2. The van der Waals surface area contributed by atoms with Crippen molar-refractivity contribution in [2.45, 2.75) is 5.03 Å². The summed E-state index contributed by atoms with van der Waals surface area (Å²) in [6.07, 6.45) is 0. The van der Waals surface area contributed by atoms with Gasteiger partial charge in [0.05, 0.1) is 18.8 Å². The van der Waals surface area contributed by atoms with Crippen LogP contribution in [0.25, 0.3) is 0 Å². The van der Waals surface area contributed by atoms with E-state index in [0.717, 1.165) is 43.6 Å². The number of ether oxygens (including phenoxy) is 1. The number of hydrogen-bond acceptors (Lipinski definition) is 6. The molecule has 2 aromatic rings. The second kappa shape index (κ2) is 8.89. The number of aromatic nitrogens is 2. The zero-order chi connectivity index (χ0) is 17.5. The molecule has 1 aliphatic rings. The number of hydrogen-bond donors (Lipinski definition) is 1. The van der Waals surface area contributed by atoms with E-state index >= 15 is 0 Å². The number of morpholine rings is 1. The molecule has 1 aliphatic heterocycles. The topological polar surface area (TPSA) is 67.4 Å². The van der Waals surface area contributed by atoms with E-state index in [2.05, 4.69) is 20.4 Å².